The molecule has 1 aromatic rings. The standard InChI is InChI=1S/C8H7F3/c1-5-2-3-7(10)8(11)6(5)4-9/h2-3H,4H2,1H3. The number of alkyl halides is 1. The van der Waals surface area contributed by atoms with Crippen LogP contribution in [0, 0.1) is 18.6 Å². The van der Waals surface area contributed by atoms with Crippen LogP contribution >= 0.6 is 0 Å². The summed E-state index contributed by atoms with van der Waals surface area (Å²) in [5.41, 5.74) is 0.247. The van der Waals surface area contributed by atoms with E-state index in [2.05, 4.69) is 0 Å². The van der Waals surface area contributed by atoms with Crippen LogP contribution in [-0.4, -0.2) is 0 Å². The van der Waals surface area contributed by atoms with Gasteiger partial charge >= 0.3 is 0 Å². The van der Waals surface area contributed by atoms with E-state index in [4.69, 9.17) is 0 Å². The Bertz CT molecular complexity index is 268. The summed E-state index contributed by atoms with van der Waals surface area (Å²) < 4.78 is 37.1. The van der Waals surface area contributed by atoms with Crippen LogP contribution in [0.5, 0.6) is 0 Å². The molecule has 0 spiro atoms. The van der Waals surface area contributed by atoms with Gasteiger partial charge in [-0.1, -0.05) is 6.07 Å². The monoisotopic (exact) mass is 160 g/mol. The first-order valence-corrected chi connectivity index (χ1v) is 3.16. The summed E-state index contributed by atoms with van der Waals surface area (Å²) >= 11 is 0. The van der Waals surface area contributed by atoms with Crippen molar-refractivity contribution < 1.29 is 13.2 Å². The molecule has 1 aromatic carbocycles. The Morgan fingerprint density at radius 1 is 1.27 bits per heavy atom. The number of hydrogen-bond acceptors (Lipinski definition) is 0. The van der Waals surface area contributed by atoms with E-state index in [1.807, 2.05) is 0 Å². The zero-order valence-electron chi connectivity index (χ0n) is 6.00. The SMILES string of the molecule is Cc1ccc(F)c(F)c1CF. The van der Waals surface area contributed by atoms with E-state index in [1.54, 1.807) is 0 Å². The van der Waals surface area contributed by atoms with Crippen LogP contribution in [0.4, 0.5) is 13.2 Å². The van der Waals surface area contributed by atoms with Gasteiger partial charge in [0, 0.05) is 5.56 Å². The molecule has 60 valence electrons. The van der Waals surface area contributed by atoms with Crippen LogP contribution in [0.25, 0.3) is 0 Å². The quantitative estimate of drug-likeness (QED) is 0.592. The molecule has 0 aliphatic heterocycles. The van der Waals surface area contributed by atoms with Gasteiger partial charge in [-0.3, -0.25) is 0 Å². The van der Waals surface area contributed by atoms with Crippen molar-refractivity contribution in [2.45, 2.75) is 13.6 Å². The van der Waals surface area contributed by atoms with E-state index in [-0.39, 0.29) is 5.56 Å². The molecule has 0 unspecified atom stereocenters. The van der Waals surface area contributed by atoms with E-state index in [0.29, 0.717) is 5.56 Å². The van der Waals surface area contributed by atoms with E-state index in [0.717, 1.165) is 6.07 Å². The summed E-state index contributed by atoms with van der Waals surface area (Å²) in [5, 5.41) is 0. The van der Waals surface area contributed by atoms with Gasteiger partial charge in [-0.05, 0) is 18.6 Å². The maximum absolute atomic E-state index is 12.6. The first-order chi connectivity index (χ1) is 5.16. The summed E-state index contributed by atoms with van der Waals surface area (Å²) in [5.74, 6) is -2.07. The molecule has 0 aliphatic rings. The third-order valence-corrected chi connectivity index (χ3v) is 1.56. The highest BCUT2D eigenvalue weighted by atomic mass is 19.2. The lowest BCUT2D eigenvalue weighted by atomic mass is 10.1. The predicted octanol–water partition coefficient (Wildman–Crippen LogP) is 2.74. The largest absolute Gasteiger partial charge is 0.246 e. The Hall–Kier alpha value is -0.990. The third-order valence-electron chi connectivity index (χ3n) is 1.56. The van der Waals surface area contributed by atoms with Crippen molar-refractivity contribution in [1.29, 1.82) is 0 Å². The molecule has 0 bridgehead atoms. The van der Waals surface area contributed by atoms with Gasteiger partial charge in [-0.2, -0.15) is 0 Å². The summed E-state index contributed by atoms with van der Waals surface area (Å²) in [7, 11) is 0. The van der Waals surface area contributed by atoms with Crippen molar-refractivity contribution in [1.82, 2.24) is 0 Å². The Morgan fingerprint density at radius 3 is 2.36 bits per heavy atom. The predicted molar refractivity (Wildman–Crippen MR) is 35.9 cm³/mol. The van der Waals surface area contributed by atoms with Crippen molar-refractivity contribution in [3.63, 3.8) is 0 Å². The minimum atomic E-state index is -1.08. The molecule has 0 amide bonds. The molecule has 11 heavy (non-hydrogen) atoms. The van der Waals surface area contributed by atoms with Gasteiger partial charge in [0.1, 0.15) is 6.67 Å². The Labute approximate surface area is 62.7 Å². The van der Waals surface area contributed by atoms with Crippen molar-refractivity contribution in [3.05, 3.63) is 34.9 Å². The van der Waals surface area contributed by atoms with Gasteiger partial charge in [-0.25, -0.2) is 13.2 Å². The fraction of sp³-hybridized carbons (Fsp3) is 0.250. The molecular formula is C8H7F3. The van der Waals surface area contributed by atoms with Crippen molar-refractivity contribution in [2.24, 2.45) is 0 Å². The molecule has 3 heteroatoms. The van der Waals surface area contributed by atoms with E-state index in [9.17, 15) is 13.2 Å². The third kappa shape index (κ3) is 1.37. The van der Waals surface area contributed by atoms with E-state index in [1.165, 1.54) is 13.0 Å². The lowest BCUT2D eigenvalue weighted by Crippen LogP contribution is -1.94. The molecule has 0 fully saturated rings. The zero-order chi connectivity index (χ0) is 8.43. The maximum atomic E-state index is 12.6. The molecular weight excluding hydrogens is 153 g/mol. The number of hydrogen-bond donors (Lipinski definition) is 0. The molecule has 0 aromatic heterocycles. The lowest BCUT2D eigenvalue weighted by Gasteiger charge is -2.02. The lowest BCUT2D eigenvalue weighted by molar-refractivity contribution is 0.439. The second-order valence-corrected chi connectivity index (χ2v) is 2.29. The Morgan fingerprint density at radius 2 is 1.91 bits per heavy atom. The van der Waals surface area contributed by atoms with Crippen LogP contribution in [0.2, 0.25) is 0 Å². The first-order valence-electron chi connectivity index (χ1n) is 3.16. The second-order valence-electron chi connectivity index (χ2n) is 2.29. The topological polar surface area (TPSA) is 0 Å². The van der Waals surface area contributed by atoms with Crippen LogP contribution in [0.15, 0.2) is 12.1 Å². The van der Waals surface area contributed by atoms with Gasteiger partial charge in [0.25, 0.3) is 0 Å². The smallest absolute Gasteiger partial charge is 0.164 e. The van der Waals surface area contributed by atoms with Gasteiger partial charge in [0.2, 0.25) is 0 Å². The summed E-state index contributed by atoms with van der Waals surface area (Å²) in [6.45, 7) is 0.576. The van der Waals surface area contributed by atoms with Gasteiger partial charge in [0.15, 0.2) is 11.6 Å². The molecule has 0 atom stereocenters. The number of halogens is 3. The van der Waals surface area contributed by atoms with Crippen molar-refractivity contribution in [2.75, 3.05) is 0 Å². The molecule has 0 N–H and O–H groups in total. The van der Waals surface area contributed by atoms with Crippen molar-refractivity contribution in [3.8, 4) is 0 Å². The average Bonchev–Trinajstić information content (AvgIpc) is 1.99. The van der Waals surface area contributed by atoms with Crippen LogP contribution in [-0.2, 0) is 6.67 Å². The van der Waals surface area contributed by atoms with Crippen molar-refractivity contribution >= 4 is 0 Å². The maximum Gasteiger partial charge on any atom is 0.164 e. The molecule has 0 radical (unpaired) electrons. The van der Waals surface area contributed by atoms with Gasteiger partial charge < -0.3 is 0 Å². The molecule has 0 saturated heterocycles. The minimum absolute atomic E-state index is 0.190. The highest BCUT2D eigenvalue weighted by molar-refractivity contribution is 5.27. The molecule has 0 nitrogen and oxygen atoms in total. The van der Waals surface area contributed by atoms with Crippen LogP contribution < -0.4 is 0 Å². The molecule has 0 aliphatic carbocycles. The molecule has 0 heterocycles. The van der Waals surface area contributed by atoms with E-state index >= 15 is 0 Å². The van der Waals surface area contributed by atoms with Crippen LogP contribution in [0.1, 0.15) is 11.1 Å². The first kappa shape index (κ1) is 8.11. The second kappa shape index (κ2) is 2.95. The fourth-order valence-corrected chi connectivity index (χ4v) is 0.853. The zero-order valence-corrected chi connectivity index (χ0v) is 6.00. The summed E-state index contributed by atoms with van der Waals surface area (Å²) in [6.07, 6.45) is 0. The van der Waals surface area contributed by atoms with Gasteiger partial charge in [-0.15, -0.1) is 0 Å². The number of aryl methyl sites for hydroxylation is 1. The Kier molecular flexibility index (Phi) is 2.17. The molecule has 0 saturated carbocycles. The highest BCUT2D eigenvalue weighted by Crippen LogP contribution is 2.16. The fourth-order valence-electron chi connectivity index (χ4n) is 0.853. The van der Waals surface area contributed by atoms with Crippen LogP contribution in [0.3, 0.4) is 0 Å². The van der Waals surface area contributed by atoms with E-state index < -0.39 is 18.3 Å². The summed E-state index contributed by atoms with van der Waals surface area (Å²) in [4.78, 5) is 0. The van der Waals surface area contributed by atoms with Gasteiger partial charge in [0.05, 0.1) is 0 Å². The number of rotatable bonds is 1. The Balaban J connectivity index is 3.29. The molecule has 1 rings (SSSR count). The highest BCUT2D eigenvalue weighted by Gasteiger charge is 2.09. The minimum Gasteiger partial charge on any atom is -0.246 e. The average molecular weight is 160 g/mol. The normalized spacial score (nSPS) is 10.2. The summed E-state index contributed by atoms with van der Waals surface area (Å²) in [6, 6.07) is 2.34. The number of benzene rings is 1.